The molecule has 0 spiro atoms. The first-order chi connectivity index (χ1) is 15.2. The number of para-hydroxylation sites is 2. The quantitative estimate of drug-likeness (QED) is 0.300. The van der Waals surface area contributed by atoms with Crippen LogP contribution in [0.2, 0.25) is 0 Å². The summed E-state index contributed by atoms with van der Waals surface area (Å²) in [6.45, 7) is 1.99. The first-order valence-electron chi connectivity index (χ1n) is 9.80. The molecule has 0 radical (unpaired) electrons. The van der Waals surface area contributed by atoms with Gasteiger partial charge in [0.15, 0.2) is 0 Å². The minimum atomic E-state index is -0.513. The van der Waals surface area contributed by atoms with E-state index in [1.165, 1.54) is 18.4 Å². The van der Waals surface area contributed by atoms with Crippen LogP contribution < -0.4 is 9.80 Å². The van der Waals surface area contributed by atoms with Crippen LogP contribution in [0.3, 0.4) is 0 Å². The van der Waals surface area contributed by atoms with E-state index in [1.54, 1.807) is 19.1 Å². The molecule has 0 fully saturated rings. The van der Waals surface area contributed by atoms with E-state index in [1.807, 2.05) is 60.7 Å². The molecule has 31 heavy (non-hydrogen) atoms. The molecule has 156 valence electrons. The van der Waals surface area contributed by atoms with Crippen molar-refractivity contribution in [2.45, 2.75) is 6.92 Å². The summed E-state index contributed by atoms with van der Waals surface area (Å²) in [7, 11) is 1.53. The number of hydrogen-bond donors (Lipinski definition) is 0. The lowest BCUT2D eigenvalue weighted by Gasteiger charge is -2.24. The molecule has 2 aromatic heterocycles. The third-order valence-corrected chi connectivity index (χ3v) is 4.50. The number of carbonyl (C=O) groups is 1. The lowest BCUT2D eigenvalue weighted by atomic mass is 10.1. The molecule has 0 saturated heterocycles. The number of carbonyl (C=O) groups excluding carboxylic acids is 1. The van der Waals surface area contributed by atoms with Crippen LogP contribution in [0.25, 0.3) is 11.0 Å². The van der Waals surface area contributed by atoms with Crippen molar-refractivity contribution in [3.8, 4) is 11.6 Å². The molecule has 0 saturated carbocycles. The van der Waals surface area contributed by atoms with Gasteiger partial charge in [-0.15, -0.1) is 0 Å². The van der Waals surface area contributed by atoms with E-state index < -0.39 is 5.97 Å². The Balaban J connectivity index is 1.90. The summed E-state index contributed by atoms with van der Waals surface area (Å²) in [4.78, 5) is 27.5. The molecule has 0 unspecified atom stereocenters. The lowest BCUT2D eigenvalue weighted by Crippen LogP contribution is -2.20. The lowest BCUT2D eigenvalue weighted by molar-refractivity contribution is 0.0525. The van der Waals surface area contributed by atoms with Crippen molar-refractivity contribution in [2.75, 3.05) is 18.8 Å². The highest BCUT2D eigenvalue weighted by Crippen LogP contribution is 2.35. The third kappa shape index (κ3) is 4.31. The third-order valence-electron chi connectivity index (χ3n) is 4.50. The van der Waals surface area contributed by atoms with Crippen LogP contribution in [-0.4, -0.2) is 29.7 Å². The Morgan fingerprint density at radius 3 is 2.35 bits per heavy atom. The first kappa shape index (κ1) is 20.3. The standard InChI is InChI=1S/C24H21N3O4/c1-3-30-24(28)19-16-25-20-14-15-21(31-18-12-8-5-9-13-18)26-22(20)23(19)27(29-2)17-10-6-4-7-11-17/h4-16H,3H2,1-2H3. The molecule has 0 N–H and O–H groups in total. The number of pyridine rings is 2. The molecule has 0 amide bonds. The molecule has 0 aliphatic rings. The van der Waals surface area contributed by atoms with Gasteiger partial charge in [0.25, 0.3) is 0 Å². The van der Waals surface area contributed by atoms with Crippen LogP contribution in [-0.2, 0) is 9.57 Å². The van der Waals surface area contributed by atoms with Gasteiger partial charge in [0.2, 0.25) is 5.88 Å². The molecule has 0 bridgehead atoms. The topological polar surface area (TPSA) is 73.8 Å². The molecule has 2 heterocycles. The minimum absolute atomic E-state index is 0.235. The van der Waals surface area contributed by atoms with Crippen LogP contribution in [0.5, 0.6) is 11.6 Å². The van der Waals surface area contributed by atoms with Crippen LogP contribution in [0.1, 0.15) is 17.3 Å². The zero-order valence-electron chi connectivity index (χ0n) is 17.2. The number of rotatable bonds is 7. The summed E-state index contributed by atoms with van der Waals surface area (Å²) in [5.74, 6) is 0.505. The van der Waals surface area contributed by atoms with Crippen molar-refractivity contribution in [3.05, 3.63) is 84.6 Å². The monoisotopic (exact) mass is 415 g/mol. The van der Waals surface area contributed by atoms with Gasteiger partial charge in [0, 0.05) is 12.3 Å². The maximum Gasteiger partial charge on any atom is 0.342 e. The second-order valence-corrected chi connectivity index (χ2v) is 6.49. The predicted molar refractivity (Wildman–Crippen MR) is 118 cm³/mol. The van der Waals surface area contributed by atoms with Crippen LogP contribution in [0.4, 0.5) is 11.4 Å². The normalized spacial score (nSPS) is 10.6. The van der Waals surface area contributed by atoms with Gasteiger partial charge in [-0.3, -0.25) is 9.82 Å². The SMILES string of the molecule is CCOC(=O)c1cnc2ccc(Oc3ccccc3)nc2c1N(OC)c1ccccc1. The van der Waals surface area contributed by atoms with Crippen molar-refractivity contribution in [2.24, 2.45) is 0 Å². The summed E-state index contributed by atoms with van der Waals surface area (Å²) < 4.78 is 11.1. The van der Waals surface area contributed by atoms with E-state index in [4.69, 9.17) is 14.3 Å². The van der Waals surface area contributed by atoms with Gasteiger partial charge < -0.3 is 9.47 Å². The Labute approximate surface area is 179 Å². The highest BCUT2D eigenvalue weighted by molar-refractivity contribution is 6.04. The summed E-state index contributed by atoms with van der Waals surface area (Å²) >= 11 is 0. The maximum atomic E-state index is 12.7. The zero-order chi connectivity index (χ0) is 21.6. The fraction of sp³-hybridized carbons (Fsp3) is 0.125. The number of nitrogens with zero attached hydrogens (tertiary/aromatic N) is 3. The van der Waals surface area contributed by atoms with Gasteiger partial charge in [0.1, 0.15) is 22.5 Å². The Bertz CT molecular complexity index is 1180. The minimum Gasteiger partial charge on any atom is -0.462 e. The van der Waals surface area contributed by atoms with Gasteiger partial charge in [-0.05, 0) is 37.3 Å². The Hall–Kier alpha value is -3.97. The molecule has 7 heteroatoms. The second-order valence-electron chi connectivity index (χ2n) is 6.49. The van der Waals surface area contributed by atoms with Crippen molar-refractivity contribution in [1.29, 1.82) is 0 Å². The number of aromatic nitrogens is 2. The van der Waals surface area contributed by atoms with Gasteiger partial charge in [-0.25, -0.2) is 14.8 Å². The van der Waals surface area contributed by atoms with Gasteiger partial charge in [0.05, 0.1) is 24.9 Å². The molecule has 7 nitrogen and oxygen atoms in total. The molecule has 0 atom stereocenters. The van der Waals surface area contributed by atoms with Crippen LogP contribution >= 0.6 is 0 Å². The summed E-state index contributed by atoms with van der Waals surface area (Å²) in [6, 6.07) is 22.3. The highest BCUT2D eigenvalue weighted by Gasteiger charge is 2.24. The molecule has 4 aromatic rings. The summed E-state index contributed by atoms with van der Waals surface area (Å²) in [6.07, 6.45) is 1.48. The van der Waals surface area contributed by atoms with E-state index in [9.17, 15) is 4.79 Å². The Morgan fingerprint density at radius 1 is 0.968 bits per heavy atom. The molecule has 0 aliphatic carbocycles. The average Bonchev–Trinajstić information content (AvgIpc) is 2.81. The summed E-state index contributed by atoms with van der Waals surface area (Å²) in [5.41, 5.74) is 2.42. The van der Waals surface area contributed by atoms with Crippen LogP contribution in [0.15, 0.2) is 79.0 Å². The second kappa shape index (κ2) is 9.23. The first-order valence-corrected chi connectivity index (χ1v) is 9.80. The molecular formula is C24H21N3O4. The smallest absolute Gasteiger partial charge is 0.342 e. The highest BCUT2D eigenvalue weighted by atomic mass is 16.7. The van der Waals surface area contributed by atoms with E-state index >= 15 is 0 Å². The van der Waals surface area contributed by atoms with Gasteiger partial charge in [-0.2, -0.15) is 0 Å². The Morgan fingerprint density at radius 2 is 1.68 bits per heavy atom. The molecule has 4 rings (SSSR count). The number of esters is 1. The van der Waals surface area contributed by atoms with Crippen molar-refractivity contribution in [1.82, 2.24) is 9.97 Å². The van der Waals surface area contributed by atoms with Crippen molar-refractivity contribution >= 4 is 28.4 Å². The van der Waals surface area contributed by atoms with Crippen molar-refractivity contribution in [3.63, 3.8) is 0 Å². The van der Waals surface area contributed by atoms with E-state index in [2.05, 4.69) is 9.97 Å². The number of benzene rings is 2. The number of hydrogen-bond acceptors (Lipinski definition) is 7. The van der Waals surface area contributed by atoms with Crippen molar-refractivity contribution < 1.29 is 19.1 Å². The average molecular weight is 415 g/mol. The van der Waals surface area contributed by atoms with Gasteiger partial charge >= 0.3 is 5.97 Å². The molecule has 0 aliphatic heterocycles. The number of anilines is 2. The van der Waals surface area contributed by atoms with E-state index in [0.29, 0.717) is 28.4 Å². The molecule has 2 aromatic carbocycles. The Kier molecular flexibility index (Phi) is 6.05. The van der Waals surface area contributed by atoms with Crippen LogP contribution in [0, 0.1) is 0 Å². The largest absolute Gasteiger partial charge is 0.462 e. The van der Waals surface area contributed by atoms with E-state index in [0.717, 1.165) is 5.69 Å². The summed E-state index contributed by atoms with van der Waals surface area (Å²) in [5, 5.41) is 1.54. The van der Waals surface area contributed by atoms with E-state index in [-0.39, 0.29) is 12.2 Å². The molecular weight excluding hydrogens is 394 g/mol. The number of fused-ring (bicyclic) bond motifs is 1. The fourth-order valence-corrected chi connectivity index (χ4v) is 3.15. The maximum absolute atomic E-state index is 12.7. The number of ether oxygens (including phenoxy) is 2. The predicted octanol–water partition coefficient (Wildman–Crippen LogP) is 5.30. The zero-order valence-corrected chi connectivity index (χ0v) is 17.2. The fourth-order valence-electron chi connectivity index (χ4n) is 3.15. The van der Waals surface area contributed by atoms with Gasteiger partial charge in [-0.1, -0.05) is 36.4 Å².